The minimum absolute atomic E-state index is 0.674. The van der Waals surface area contributed by atoms with E-state index in [9.17, 15) is 0 Å². The molecule has 2 atom stereocenters. The van der Waals surface area contributed by atoms with E-state index in [4.69, 9.17) is 0 Å². The Kier molecular flexibility index (Phi) is 4.98. The molecule has 0 aliphatic heterocycles. The van der Waals surface area contributed by atoms with Crippen LogP contribution in [0.1, 0.15) is 91.4 Å². The zero-order valence-corrected chi connectivity index (χ0v) is 14.7. The zero-order valence-electron chi connectivity index (χ0n) is 14.7. The van der Waals surface area contributed by atoms with E-state index in [1.54, 1.807) is 38.5 Å². The molecule has 0 amide bonds. The summed E-state index contributed by atoms with van der Waals surface area (Å²) in [6.45, 7) is 7.20. The first-order valence-electron chi connectivity index (χ1n) is 9.91. The van der Waals surface area contributed by atoms with Crippen LogP contribution in [-0.4, -0.2) is 12.1 Å². The summed E-state index contributed by atoms with van der Waals surface area (Å²) in [5, 5.41) is 4.11. The first kappa shape index (κ1) is 15.8. The van der Waals surface area contributed by atoms with Crippen LogP contribution in [0.15, 0.2) is 0 Å². The van der Waals surface area contributed by atoms with Gasteiger partial charge < -0.3 is 5.32 Å². The molecule has 0 radical (unpaired) electrons. The van der Waals surface area contributed by atoms with Crippen molar-refractivity contribution in [1.82, 2.24) is 5.32 Å². The van der Waals surface area contributed by atoms with Crippen LogP contribution in [0.4, 0.5) is 0 Å². The van der Waals surface area contributed by atoms with Crippen LogP contribution in [0, 0.1) is 23.2 Å². The third-order valence-electron chi connectivity index (χ3n) is 7.03. The van der Waals surface area contributed by atoms with E-state index in [0.717, 1.165) is 29.8 Å². The summed E-state index contributed by atoms with van der Waals surface area (Å²) in [7, 11) is 0. The van der Waals surface area contributed by atoms with Gasteiger partial charge in [0.1, 0.15) is 0 Å². The Hall–Kier alpha value is -0.0400. The quantitative estimate of drug-likeness (QED) is 0.619. The molecule has 4 rings (SSSR count). The van der Waals surface area contributed by atoms with Gasteiger partial charge in [-0.15, -0.1) is 0 Å². The maximum atomic E-state index is 4.11. The van der Waals surface area contributed by atoms with Crippen molar-refractivity contribution >= 4 is 0 Å². The Balaban J connectivity index is 1.62. The SMILES string of the molecule is CCCCC(CCC)NC(C)C12CC3CC(CC(C3)C1)C2. The average molecular weight is 292 g/mol. The summed E-state index contributed by atoms with van der Waals surface area (Å²) in [6, 6.07) is 1.53. The van der Waals surface area contributed by atoms with Crippen molar-refractivity contribution in [2.45, 2.75) is 103 Å². The molecule has 4 saturated carbocycles. The molecule has 1 N–H and O–H groups in total. The van der Waals surface area contributed by atoms with Crippen molar-refractivity contribution in [3.05, 3.63) is 0 Å². The third kappa shape index (κ3) is 3.33. The van der Waals surface area contributed by atoms with Gasteiger partial charge in [0.2, 0.25) is 0 Å². The maximum Gasteiger partial charge on any atom is 0.00980 e. The monoisotopic (exact) mass is 291 g/mol. The number of rotatable bonds is 8. The highest BCUT2D eigenvalue weighted by Gasteiger charge is 2.53. The van der Waals surface area contributed by atoms with Crippen molar-refractivity contribution in [2.24, 2.45) is 23.2 Å². The fourth-order valence-corrected chi connectivity index (χ4v) is 6.35. The summed E-state index contributed by atoms with van der Waals surface area (Å²) >= 11 is 0. The van der Waals surface area contributed by atoms with Crippen LogP contribution in [-0.2, 0) is 0 Å². The average Bonchev–Trinajstić information content (AvgIpc) is 2.43. The summed E-state index contributed by atoms with van der Waals surface area (Å²) in [4.78, 5) is 0. The van der Waals surface area contributed by atoms with E-state index < -0.39 is 0 Å². The second-order valence-electron chi connectivity index (χ2n) is 8.80. The standard InChI is InChI=1S/C20H37N/c1-4-6-8-19(7-5-2)21-15(3)20-12-16-9-17(13-20)11-18(10-16)14-20/h15-19,21H,4-14H2,1-3H3. The predicted octanol–water partition coefficient (Wildman–Crippen LogP) is 5.54. The van der Waals surface area contributed by atoms with Gasteiger partial charge in [-0.2, -0.15) is 0 Å². The molecule has 122 valence electrons. The first-order chi connectivity index (χ1) is 10.1. The molecule has 0 aromatic rings. The largest absolute Gasteiger partial charge is 0.311 e. The van der Waals surface area contributed by atoms with Crippen molar-refractivity contribution in [3.8, 4) is 0 Å². The minimum Gasteiger partial charge on any atom is -0.311 e. The summed E-state index contributed by atoms with van der Waals surface area (Å²) in [5.74, 6) is 3.25. The molecule has 0 aromatic carbocycles. The summed E-state index contributed by atoms with van der Waals surface area (Å²) in [5.41, 5.74) is 0.674. The van der Waals surface area contributed by atoms with Crippen LogP contribution in [0.3, 0.4) is 0 Å². The van der Waals surface area contributed by atoms with Crippen LogP contribution >= 0.6 is 0 Å². The van der Waals surface area contributed by atoms with Gasteiger partial charge in [0.25, 0.3) is 0 Å². The van der Waals surface area contributed by atoms with Crippen LogP contribution in [0.25, 0.3) is 0 Å². The Morgan fingerprint density at radius 1 is 0.905 bits per heavy atom. The highest BCUT2D eigenvalue weighted by atomic mass is 15.0. The second-order valence-corrected chi connectivity index (χ2v) is 8.80. The molecule has 1 heteroatoms. The topological polar surface area (TPSA) is 12.0 Å². The molecule has 4 bridgehead atoms. The highest BCUT2D eigenvalue weighted by molar-refractivity contribution is 5.05. The van der Waals surface area contributed by atoms with Gasteiger partial charge in [-0.25, -0.2) is 0 Å². The fraction of sp³-hybridized carbons (Fsp3) is 1.00. The van der Waals surface area contributed by atoms with E-state index >= 15 is 0 Å². The lowest BCUT2D eigenvalue weighted by atomic mass is 9.48. The van der Waals surface area contributed by atoms with Gasteiger partial charge in [-0.05, 0) is 81.5 Å². The Bertz CT molecular complexity index is 299. The van der Waals surface area contributed by atoms with E-state index in [1.807, 2.05) is 0 Å². The molecule has 2 unspecified atom stereocenters. The maximum absolute atomic E-state index is 4.11. The van der Waals surface area contributed by atoms with Crippen molar-refractivity contribution in [3.63, 3.8) is 0 Å². The van der Waals surface area contributed by atoms with Gasteiger partial charge in [-0.1, -0.05) is 33.1 Å². The normalized spacial score (nSPS) is 40.4. The van der Waals surface area contributed by atoms with E-state index in [1.165, 1.54) is 32.1 Å². The lowest BCUT2D eigenvalue weighted by Gasteiger charge is -2.59. The molecule has 4 aliphatic rings. The number of nitrogens with one attached hydrogen (secondary N) is 1. The van der Waals surface area contributed by atoms with E-state index in [2.05, 4.69) is 26.1 Å². The van der Waals surface area contributed by atoms with Gasteiger partial charge in [0, 0.05) is 12.1 Å². The van der Waals surface area contributed by atoms with Gasteiger partial charge in [-0.3, -0.25) is 0 Å². The minimum atomic E-state index is 0.674. The number of hydrogen-bond acceptors (Lipinski definition) is 1. The van der Waals surface area contributed by atoms with E-state index in [0.29, 0.717) is 5.41 Å². The molecule has 1 nitrogen and oxygen atoms in total. The lowest BCUT2D eigenvalue weighted by Crippen LogP contribution is -2.56. The molecular weight excluding hydrogens is 254 g/mol. The molecule has 0 spiro atoms. The number of hydrogen-bond donors (Lipinski definition) is 1. The van der Waals surface area contributed by atoms with Crippen LogP contribution < -0.4 is 5.32 Å². The third-order valence-corrected chi connectivity index (χ3v) is 7.03. The molecule has 4 aliphatic carbocycles. The fourth-order valence-electron chi connectivity index (χ4n) is 6.35. The molecule has 4 fully saturated rings. The molecular formula is C20H37N. The molecule has 0 heterocycles. The van der Waals surface area contributed by atoms with Crippen LogP contribution in [0.5, 0.6) is 0 Å². The highest BCUT2D eigenvalue weighted by Crippen LogP contribution is 2.61. The zero-order chi connectivity index (χ0) is 14.9. The van der Waals surface area contributed by atoms with Gasteiger partial charge >= 0.3 is 0 Å². The van der Waals surface area contributed by atoms with Crippen molar-refractivity contribution < 1.29 is 0 Å². The Morgan fingerprint density at radius 3 is 1.95 bits per heavy atom. The Morgan fingerprint density at radius 2 is 1.48 bits per heavy atom. The second kappa shape index (κ2) is 6.60. The van der Waals surface area contributed by atoms with E-state index in [-0.39, 0.29) is 0 Å². The first-order valence-corrected chi connectivity index (χ1v) is 9.91. The predicted molar refractivity (Wildman–Crippen MR) is 91.4 cm³/mol. The van der Waals surface area contributed by atoms with Crippen molar-refractivity contribution in [1.29, 1.82) is 0 Å². The summed E-state index contributed by atoms with van der Waals surface area (Å²) in [6.07, 6.45) is 16.2. The molecule has 0 aromatic heterocycles. The van der Waals surface area contributed by atoms with Crippen molar-refractivity contribution in [2.75, 3.05) is 0 Å². The Labute approximate surface area is 132 Å². The lowest BCUT2D eigenvalue weighted by molar-refractivity contribution is -0.0724. The summed E-state index contributed by atoms with van der Waals surface area (Å²) < 4.78 is 0. The molecule has 0 saturated heterocycles. The van der Waals surface area contributed by atoms with Gasteiger partial charge in [0.15, 0.2) is 0 Å². The molecule has 21 heavy (non-hydrogen) atoms. The number of unbranched alkanes of at least 4 members (excludes halogenated alkanes) is 1. The van der Waals surface area contributed by atoms with Crippen LogP contribution in [0.2, 0.25) is 0 Å². The smallest absolute Gasteiger partial charge is 0.00980 e. The van der Waals surface area contributed by atoms with Gasteiger partial charge in [0.05, 0.1) is 0 Å².